The monoisotopic (exact) mass is 301 g/mol. The van der Waals surface area contributed by atoms with E-state index in [1.54, 1.807) is 0 Å². The summed E-state index contributed by atoms with van der Waals surface area (Å²) in [5.74, 6) is -2.11. The fourth-order valence-electron chi connectivity index (χ4n) is 1.57. The molecule has 0 saturated carbocycles. The second-order valence-corrected chi connectivity index (χ2v) is 5.78. The number of nitrogens with one attached hydrogen (secondary N) is 1. The molecular formula is C13H10F3NO2S. The topological polar surface area (TPSA) is 46.2 Å². The zero-order valence-corrected chi connectivity index (χ0v) is 10.9. The maximum atomic E-state index is 13.3. The minimum atomic E-state index is -3.99. The van der Waals surface area contributed by atoms with Crippen LogP contribution in [0, 0.1) is 17.5 Å². The van der Waals surface area contributed by atoms with Gasteiger partial charge in [0.05, 0.1) is 4.90 Å². The van der Waals surface area contributed by atoms with Crippen LogP contribution in [0.1, 0.15) is 5.56 Å². The highest BCUT2D eigenvalue weighted by molar-refractivity contribution is 7.89. The summed E-state index contributed by atoms with van der Waals surface area (Å²) in [6.45, 7) is -0.428. The lowest BCUT2D eigenvalue weighted by Gasteiger charge is -2.08. The molecule has 0 heterocycles. The molecule has 0 aliphatic rings. The molecule has 0 radical (unpaired) electrons. The molecule has 0 unspecified atom stereocenters. The third-order valence-corrected chi connectivity index (χ3v) is 3.97. The number of halogens is 3. The molecule has 0 aromatic heterocycles. The molecule has 7 heteroatoms. The van der Waals surface area contributed by atoms with Crippen molar-refractivity contribution in [2.75, 3.05) is 0 Å². The molecule has 0 saturated heterocycles. The van der Waals surface area contributed by atoms with Crippen molar-refractivity contribution in [2.45, 2.75) is 11.4 Å². The fourth-order valence-corrected chi connectivity index (χ4v) is 2.61. The minimum Gasteiger partial charge on any atom is -0.207 e. The standard InChI is InChI=1S/C13H10F3NO2S/c14-10-2-1-3-12(7-10)20(18,19)17-8-9-6-11(15)4-5-13(9)16/h1-7,17H,8H2. The lowest BCUT2D eigenvalue weighted by Crippen LogP contribution is -2.23. The van der Waals surface area contributed by atoms with Gasteiger partial charge < -0.3 is 0 Å². The molecule has 0 bridgehead atoms. The Kier molecular flexibility index (Phi) is 4.10. The number of sulfonamides is 1. The van der Waals surface area contributed by atoms with Crippen LogP contribution in [-0.4, -0.2) is 8.42 Å². The highest BCUT2D eigenvalue weighted by Crippen LogP contribution is 2.13. The number of hydrogen-bond acceptors (Lipinski definition) is 2. The van der Waals surface area contributed by atoms with Crippen LogP contribution in [0.2, 0.25) is 0 Å². The SMILES string of the molecule is O=S(=O)(NCc1cc(F)ccc1F)c1cccc(F)c1. The second-order valence-electron chi connectivity index (χ2n) is 4.02. The highest BCUT2D eigenvalue weighted by atomic mass is 32.2. The van der Waals surface area contributed by atoms with Gasteiger partial charge in [-0.25, -0.2) is 26.3 Å². The van der Waals surface area contributed by atoms with Crippen LogP contribution in [0.4, 0.5) is 13.2 Å². The molecule has 0 atom stereocenters. The summed E-state index contributed by atoms with van der Waals surface area (Å²) < 4.78 is 65.1. The normalized spacial score (nSPS) is 11.6. The molecular weight excluding hydrogens is 291 g/mol. The fraction of sp³-hybridized carbons (Fsp3) is 0.0769. The van der Waals surface area contributed by atoms with Crippen LogP contribution in [0.3, 0.4) is 0 Å². The third-order valence-electron chi connectivity index (χ3n) is 2.57. The largest absolute Gasteiger partial charge is 0.240 e. The minimum absolute atomic E-state index is 0.134. The van der Waals surface area contributed by atoms with Crippen molar-refractivity contribution < 1.29 is 21.6 Å². The molecule has 0 fully saturated rings. The number of benzene rings is 2. The summed E-state index contributed by atoms with van der Waals surface area (Å²) in [5, 5.41) is 0. The molecule has 20 heavy (non-hydrogen) atoms. The van der Waals surface area contributed by atoms with E-state index in [2.05, 4.69) is 4.72 Å². The summed E-state index contributed by atoms with van der Waals surface area (Å²) in [6, 6.07) is 7.11. The quantitative estimate of drug-likeness (QED) is 0.943. The molecule has 1 N–H and O–H groups in total. The highest BCUT2D eigenvalue weighted by Gasteiger charge is 2.15. The molecule has 0 spiro atoms. The summed E-state index contributed by atoms with van der Waals surface area (Å²) in [6.07, 6.45) is 0. The first-order valence-corrected chi connectivity index (χ1v) is 7.06. The Morgan fingerprint density at radius 3 is 2.35 bits per heavy atom. The Hall–Kier alpha value is -1.86. The van der Waals surface area contributed by atoms with Crippen LogP contribution < -0.4 is 4.72 Å². The lowest BCUT2D eigenvalue weighted by atomic mass is 10.2. The molecule has 2 aromatic rings. The van der Waals surface area contributed by atoms with Gasteiger partial charge in [0.25, 0.3) is 0 Å². The van der Waals surface area contributed by atoms with E-state index in [1.165, 1.54) is 12.1 Å². The average Bonchev–Trinajstić information content (AvgIpc) is 2.40. The van der Waals surface area contributed by atoms with Crippen molar-refractivity contribution in [3.05, 3.63) is 65.5 Å². The Balaban J connectivity index is 2.19. The predicted octanol–water partition coefficient (Wildman–Crippen LogP) is 2.58. The molecule has 2 aromatic carbocycles. The summed E-state index contributed by atoms with van der Waals surface area (Å²) >= 11 is 0. The average molecular weight is 301 g/mol. The van der Waals surface area contributed by atoms with E-state index in [0.29, 0.717) is 0 Å². The van der Waals surface area contributed by atoms with Gasteiger partial charge in [0.1, 0.15) is 17.5 Å². The van der Waals surface area contributed by atoms with Gasteiger partial charge in [-0.2, -0.15) is 0 Å². The van der Waals surface area contributed by atoms with E-state index in [4.69, 9.17) is 0 Å². The van der Waals surface area contributed by atoms with Crippen molar-refractivity contribution >= 4 is 10.0 Å². The van der Waals surface area contributed by atoms with Gasteiger partial charge in [0, 0.05) is 12.1 Å². The lowest BCUT2D eigenvalue weighted by molar-refractivity contribution is 0.565. The van der Waals surface area contributed by atoms with E-state index in [1.807, 2.05) is 0 Å². The first kappa shape index (κ1) is 14.5. The van der Waals surface area contributed by atoms with E-state index in [9.17, 15) is 21.6 Å². The molecule has 0 amide bonds. The van der Waals surface area contributed by atoms with Crippen molar-refractivity contribution in [1.29, 1.82) is 0 Å². The van der Waals surface area contributed by atoms with Crippen LogP contribution in [-0.2, 0) is 16.6 Å². The van der Waals surface area contributed by atoms with Gasteiger partial charge in [-0.1, -0.05) is 6.07 Å². The van der Waals surface area contributed by atoms with Gasteiger partial charge in [-0.05, 0) is 36.4 Å². The summed E-state index contributed by atoms with van der Waals surface area (Å²) in [7, 11) is -3.99. The van der Waals surface area contributed by atoms with Gasteiger partial charge >= 0.3 is 0 Å². The van der Waals surface area contributed by atoms with Crippen molar-refractivity contribution in [3.63, 3.8) is 0 Å². The Morgan fingerprint density at radius 1 is 0.950 bits per heavy atom. The second kappa shape index (κ2) is 5.64. The van der Waals surface area contributed by atoms with Crippen LogP contribution in [0.5, 0.6) is 0 Å². The maximum absolute atomic E-state index is 13.3. The van der Waals surface area contributed by atoms with E-state index in [0.717, 1.165) is 30.3 Å². The van der Waals surface area contributed by atoms with Crippen LogP contribution in [0.25, 0.3) is 0 Å². The number of rotatable bonds is 4. The van der Waals surface area contributed by atoms with Gasteiger partial charge in [0.2, 0.25) is 10.0 Å². The van der Waals surface area contributed by atoms with E-state index >= 15 is 0 Å². The van der Waals surface area contributed by atoms with Crippen LogP contribution in [0.15, 0.2) is 47.4 Å². The Bertz CT molecular complexity index is 732. The third kappa shape index (κ3) is 3.37. The zero-order chi connectivity index (χ0) is 14.8. The van der Waals surface area contributed by atoms with E-state index < -0.39 is 34.0 Å². The number of hydrogen-bond donors (Lipinski definition) is 1. The van der Waals surface area contributed by atoms with E-state index in [-0.39, 0.29) is 10.5 Å². The first-order chi connectivity index (χ1) is 9.38. The Morgan fingerprint density at radius 2 is 1.65 bits per heavy atom. The van der Waals surface area contributed by atoms with Crippen LogP contribution >= 0.6 is 0 Å². The van der Waals surface area contributed by atoms with Crippen molar-refractivity contribution in [1.82, 2.24) is 4.72 Å². The molecule has 106 valence electrons. The van der Waals surface area contributed by atoms with Gasteiger partial charge in [-0.15, -0.1) is 0 Å². The first-order valence-electron chi connectivity index (χ1n) is 5.58. The maximum Gasteiger partial charge on any atom is 0.240 e. The molecule has 2 rings (SSSR count). The van der Waals surface area contributed by atoms with Crippen molar-refractivity contribution in [3.8, 4) is 0 Å². The Labute approximate surface area is 114 Å². The summed E-state index contributed by atoms with van der Waals surface area (Å²) in [4.78, 5) is -0.283. The van der Waals surface area contributed by atoms with Gasteiger partial charge in [0.15, 0.2) is 0 Å². The van der Waals surface area contributed by atoms with Gasteiger partial charge in [-0.3, -0.25) is 0 Å². The molecule has 3 nitrogen and oxygen atoms in total. The molecule has 0 aliphatic heterocycles. The molecule has 0 aliphatic carbocycles. The smallest absolute Gasteiger partial charge is 0.207 e. The summed E-state index contributed by atoms with van der Waals surface area (Å²) in [5.41, 5.74) is -0.134. The van der Waals surface area contributed by atoms with Crippen molar-refractivity contribution in [2.24, 2.45) is 0 Å². The zero-order valence-electron chi connectivity index (χ0n) is 10.1. The predicted molar refractivity (Wildman–Crippen MR) is 66.8 cm³/mol.